The second-order valence-electron chi connectivity index (χ2n) is 5.16. The number of hydrogen-bond donors (Lipinski definition) is 1. The lowest BCUT2D eigenvalue weighted by Crippen LogP contribution is -2.22. The van der Waals surface area contributed by atoms with Gasteiger partial charge in [-0.1, -0.05) is 29.3 Å². The second-order valence-corrected chi connectivity index (χ2v) is 6.01. The van der Waals surface area contributed by atoms with Gasteiger partial charge in [-0.2, -0.15) is 0 Å². The van der Waals surface area contributed by atoms with Gasteiger partial charge in [0.25, 0.3) is 0 Å². The summed E-state index contributed by atoms with van der Waals surface area (Å²) < 4.78 is 6.90. The highest BCUT2D eigenvalue weighted by Gasteiger charge is 2.21. The molecule has 0 amide bonds. The Labute approximate surface area is 125 Å². The van der Waals surface area contributed by atoms with Gasteiger partial charge in [-0.3, -0.25) is 0 Å². The molecule has 1 aliphatic rings. The monoisotopic (exact) mass is 325 g/mol. The van der Waals surface area contributed by atoms with Gasteiger partial charge in [0.2, 0.25) is 0 Å². The Bertz CT molecular complexity index is 419. The highest BCUT2D eigenvalue weighted by Crippen LogP contribution is 2.36. The molecule has 0 aliphatic heterocycles. The smallest absolute Gasteiger partial charge is 0.120 e. The van der Waals surface area contributed by atoms with Gasteiger partial charge in [0.15, 0.2) is 0 Å². The Morgan fingerprint density at radius 2 is 2.16 bits per heavy atom. The average molecular weight is 326 g/mol. The number of nitrogens with one attached hydrogen (secondary N) is 1. The normalized spacial score (nSPS) is 18.8. The van der Waals surface area contributed by atoms with E-state index < -0.39 is 0 Å². The molecule has 1 aromatic carbocycles. The van der Waals surface area contributed by atoms with Crippen LogP contribution in [0.3, 0.4) is 0 Å². The molecule has 2 rings (SSSR count). The van der Waals surface area contributed by atoms with Crippen LogP contribution in [-0.4, -0.2) is 13.2 Å². The highest BCUT2D eigenvalue weighted by atomic mass is 79.9. The number of fused-ring (bicyclic) bond motifs is 1. The molecule has 1 aliphatic carbocycles. The van der Waals surface area contributed by atoms with Gasteiger partial charge in [-0.15, -0.1) is 0 Å². The summed E-state index contributed by atoms with van der Waals surface area (Å²) in [5.74, 6) is 0.985. The first-order valence-electron chi connectivity index (χ1n) is 7.44. The van der Waals surface area contributed by atoms with Gasteiger partial charge in [0, 0.05) is 10.5 Å². The van der Waals surface area contributed by atoms with E-state index in [1.54, 1.807) is 0 Å². The summed E-state index contributed by atoms with van der Waals surface area (Å²) in [6.45, 7) is 6.06. The first kappa shape index (κ1) is 14.9. The minimum Gasteiger partial charge on any atom is -0.494 e. The van der Waals surface area contributed by atoms with Crippen LogP contribution in [0.5, 0.6) is 5.75 Å². The van der Waals surface area contributed by atoms with Gasteiger partial charge < -0.3 is 10.1 Å². The Kier molecular flexibility index (Phi) is 5.71. The minimum absolute atomic E-state index is 0.481. The topological polar surface area (TPSA) is 21.3 Å². The lowest BCUT2D eigenvalue weighted by Gasteiger charge is -2.21. The zero-order valence-corrected chi connectivity index (χ0v) is 13.6. The van der Waals surface area contributed by atoms with Crippen LogP contribution in [0.15, 0.2) is 16.6 Å². The van der Waals surface area contributed by atoms with Crippen LogP contribution in [0.2, 0.25) is 0 Å². The molecule has 0 spiro atoms. The SMILES string of the molecule is CCCNC1CCCCc2c(Br)cc(OCC)cc21. The van der Waals surface area contributed by atoms with Gasteiger partial charge >= 0.3 is 0 Å². The molecule has 0 saturated carbocycles. The molecule has 19 heavy (non-hydrogen) atoms. The zero-order valence-electron chi connectivity index (χ0n) is 12.0. The summed E-state index contributed by atoms with van der Waals surface area (Å²) in [5, 5.41) is 3.69. The molecule has 1 unspecified atom stereocenters. The number of halogens is 1. The van der Waals surface area contributed by atoms with E-state index in [1.165, 1.54) is 47.7 Å². The molecule has 106 valence electrons. The van der Waals surface area contributed by atoms with Gasteiger partial charge in [0.1, 0.15) is 5.75 Å². The summed E-state index contributed by atoms with van der Waals surface area (Å²) >= 11 is 3.73. The Morgan fingerprint density at radius 1 is 1.32 bits per heavy atom. The van der Waals surface area contributed by atoms with E-state index in [-0.39, 0.29) is 0 Å². The minimum atomic E-state index is 0.481. The van der Waals surface area contributed by atoms with Crippen molar-refractivity contribution in [3.8, 4) is 5.75 Å². The van der Waals surface area contributed by atoms with Crippen molar-refractivity contribution in [2.75, 3.05) is 13.2 Å². The fraction of sp³-hybridized carbons (Fsp3) is 0.625. The van der Waals surface area contributed by atoms with Crippen LogP contribution in [0, 0.1) is 0 Å². The van der Waals surface area contributed by atoms with Crippen molar-refractivity contribution in [3.63, 3.8) is 0 Å². The maximum Gasteiger partial charge on any atom is 0.120 e. The van der Waals surface area contributed by atoms with Crippen molar-refractivity contribution in [1.29, 1.82) is 0 Å². The maximum atomic E-state index is 5.69. The molecule has 0 radical (unpaired) electrons. The molecule has 0 heterocycles. The molecule has 0 fully saturated rings. The third kappa shape index (κ3) is 3.73. The molecule has 1 aromatic rings. The van der Waals surface area contributed by atoms with Crippen molar-refractivity contribution in [1.82, 2.24) is 5.32 Å². The number of hydrogen-bond acceptors (Lipinski definition) is 2. The Balaban J connectivity index is 2.32. The van der Waals surface area contributed by atoms with E-state index in [1.807, 2.05) is 6.92 Å². The first-order valence-corrected chi connectivity index (χ1v) is 8.24. The van der Waals surface area contributed by atoms with E-state index in [0.29, 0.717) is 6.04 Å². The number of rotatable bonds is 5. The van der Waals surface area contributed by atoms with Crippen molar-refractivity contribution in [3.05, 3.63) is 27.7 Å². The summed E-state index contributed by atoms with van der Waals surface area (Å²) in [7, 11) is 0. The molecule has 0 saturated heterocycles. The second kappa shape index (κ2) is 7.30. The zero-order chi connectivity index (χ0) is 13.7. The predicted octanol–water partition coefficient (Wildman–Crippen LogP) is 4.61. The summed E-state index contributed by atoms with van der Waals surface area (Å²) in [6.07, 6.45) is 6.16. The Morgan fingerprint density at radius 3 is 2.89 bits per heavy atom. The van der Waals surface area contributed by atoms with Gasteiger partial charge in [0.05, 0.1) is 6.61 Å². The Hall–Kier alpha value is -0.540. The van der Waals surface area contributed by atoms with Gasteiger partial charge in [-0.05, 0) is 62.4 Å². The summed E-state index contributed by atoms with van der Waals surface area (Å²) in [6, 6.07) is 4.83. The molecule has 3 heteroatoms. The molecular weight excluding hydrogens is 302 g/mol. The largest absolute Gasteiger partial charge is 0.494 e. The average Bonchev–Trinajstić information content (AvgIpc) is 2.59. The maximum absolute atomic E-state index is 5.69. The lowest BCUT2D eigenvalue weighted by molar-refractivity contribution is 0.339. The predicted molar refractivity (Wildman–Crippen MR) is 83.9 cm³/mol. The fourth-order valence-corrected chi connectivity index (χ4v) is 3.45. The van der Waals surface area contributed by atoms with Crippen LogP contribution in [-0.2, 0) is 6.42 Å². The highest BCUT2D eigenvalue weighted by molar-refractivity contribution is 9.10. The van der Waals surface area contributed by atoms with Gasteiger partial charge in [-0.25, -0.2) is 0 Å². The third-order valence-electron chi connectivity index (χ3n) is 3.70. The van der Waals surface area contributed by atoms with Crippen molar-refractivity contribution in [2.45, 2.75) is 52.0 Å². The molecule has 0 bridgehead atoms. The van der Waals surface area contributed by atoms with E-state index in [0.717, 1.165) is 18.9 Å². The molecule has 1 atom stereocenters. The third-order valence-corrected chi connectivity index (χ3v) is 4.41. The van der Waals surface area contributed by atoms with E-state index in [2.05, 4.69) is 40.3 Å². The van der Waals surface area contributed by atoms with Crippen molar-refractivity contribution < 1.29 is 4.74 Å². The van der Waals surface area contributed by atoms with Crippen LogP contribution >= 0.6 is 15.9 Å². The first-order chi connectivity index (χ1) is 9.26. The standard InChI is InChI=1S/C16H24BrNO/c1-3-9-18-16-8-6-5-7-13-14(16)10-12(19-4-2)11-15(13)17/h10-11,16,18H,3-9H2,1-2H3. The number of benzene rings is 1. The van der Waals surface area contributed by atoms with E-state index >= 15 is 0 Å². The molecular formula is C16H24BrNO. The van der Waals surface area contributed by atoms with Crippen LogP contribution in [0.25, 0.3) is 0 Å². The van der Waals surface area contributed by atoms with Crippen LogP contribution in [0.4, 0.5) is 0 Å². The molecule has 2 nitrogen and oxygen atoms in total. The molecule has 1 N–H and O–H groups in total. The lowest BCUT2D eigenvalue weighted by atomic mass is 9.98. The van der Waals surface area contributed by atoms with Crippen molar-refractivity contribution in [2.24, 2.45) is 0 Å². The van der Waals surface area contributed by atoms with E-state index in [9.17, 15) is 0 Å². The fourth-order valence-electron chi connectivity index (χ4n) is 2.79. The van der Waals surface area contributed by atoms with E-state index in [4.69, 9.17) is 4.74 Å². The quantitative estimate of drug-likeness (QED) is 0.798. The molecule has 0 aromatic heterocycles. The number of ether oxygens (including phenoxy) is 1. The van der Waals surface area contributed by atoms with Crippen LogP contribution < -0.4 is 10.1 Å². The summed E-state index contributed by atoms with van der Waals surface area (Å²) in [5.41, 5.74) is 2.90. The van der Waals surface area contributed by atoms with Crippen LogP contribution in [0.1, 0.15) is 56.7 Å². The van der Waals surface area contributed by atoms with Crippen molar-refractivity contribution >= 4 is 15.9 Å². The summed E-state index contributed by atoms with van der Waals surface area (Å²) in [4.78, 5) is 0.